The van der Waals surface area contributed by atoms with Crippen molar-refractivity contribution in [1.82, 2.24) is 5.32 Å². The normalized spacial score (nSPS) is 22.8. The van der Waals surface area contributed by atoms with Crippen LogP contribution in [0.1, 0.15) is 45.1 Å². The average Bonchev–Trinajstić information content (AvgIpc) is 3.02. The molecule has 1 heterocycles. The molecule has 0 aliphatic carbocycles. The monoisotopic (exact) mass is 438 g/mol. The molecular weight excluding hydrogens is 410 g/mol. The van der Waals surface area contributed by atoms with Crippen LogP contribution in [0.15, 0.2) is 48.0 Å². The Morgan fingerprint density at radius 1 is 1.41 bits per heavy atom. The number of rotatable bonds is 8. The molecule has 3 nitrogen and oxygen atoms in total. The van der Waals surface area contributed by atoms with Crippen LogP contribution in [-0.4, -0.2) is 19.0 Å². The minimum Gasteiger partial charge on any atom is -0.328 e. The smallest absolute Gasteiger partial charge is 0.211 e. The quantitative estimate of drug-likeness (QED) is 0.363. The Morgan fingerprint density at radius 2 is 2.14 bits per heavy atom. The Morgan fingerprint density at radius 3 is 2.76 bits per heavy atom. The molecule has 0 radical (unpaired) electrons. The summed E-state index contributed by atoms with van der Waals surface area (Å²) in [6.45, 7) is 11.0. The summed E-state index contributed by atoms with van der Waals surface area (Å²) < 4.78 is 14.4. The minimum absolute atomic E-state index is 0.00271. The van der Waals surface area contributed by atoms with Crippen molar-refractivity contribution >= 4 is 35.3 Å². The fraction of sp³-hybridized carbons (Fsp3) is 0.435. The lowest BCUT2D eigenvalue weighted by Crippen LogP contribution is -2.31. The highest BCUT2D eigenvalue weighted by Gasteiger charge is 2.39. The Kier molecular flexibility index (Phi) is 8.50. The van der Waals surface area contributed by atoms with E-state index in [0.29, 0.717) is 17.1 Å². The largest absolute Gasteiger partial charge is 0.328 e. The predicted molar refractivity (Wildman–Crippen MR) is 121 cm³/mol. The number of carbonyl (C=O) groups is 1. The van der Waals surface area contributed by atoms with Gasteiger partial charge in [0.25, 0.3) is 0 Å². The van der Waals surface area contributed by atoms with E-state index in [-0.39, 0.29) is 28.3 Å². The molecule has 2 rings (SSSR count). The summed E-state index contributed by atoms with van der Waals surface area (Å²) in [5.41, 5.74) is 1.43. The zero-order valence-electron chi connectivity index (χ0n) is 17.1. The van der Waals surface area contributed by atoms with Gasteiger partial charge in [-0.2, -0.15) is 0 Å². The average molecular weight is 439 g/mol. The number of anilines is 1. The van der Waals surface area contributed by atoms with E-state index in [2.05, 4.69) is 44.1 Å². The fourth-order valence-electron chi connectivity index (χ4n) is 3.95. The van der Waals surface area contributed by atoms with E-state index in [1.54, 1.807) is 12.2 Å². The molecule has 0 spiro atoms. The van der Waals surface area contributed by atoms with Crippen molar-refractivity contribution in [3.05, 3.63) is 64.5 Å². The Labute approximate surface area is 183 Å². The van der Waals surface area contributed by atoms with Gasteiger partial charge in [-0.3, -0.25) is 4.79 Å². The molecule has 0 unspecified atom stereocenters. The Bertz CT molecular complexity index is 799. The maximum absolute atomic E-state index is 14.4. The van der Waals surface area contributed by atoms with Gasteiger partial charge in [0.2, 0.25) is 6.41 Å². The molecule has 1 aromatic rings. The van der Waals surface area contributed by atoms with E-state index in [4.69, 9.17) is 23.2 Å². The van der Waals surface area contributed by atoms with Crippen molar-refractivity contribution in [1.29, 1.82) is 0 Å². The highest BCUT2D eigenvalue weighted by molar-refractivity contribution is 6.31. The van der Waals surface area contributed by atoms with Crippen molar-refractivity contribution in [2.75, 3.05) is 11.9 Å². The van der Waals surface area contributed by atoms with Crippen LogP contribution in [0.25, 0.3) is 0 Å². The molecule has 0 aromatic heterocycles. The van der Waals surface area contributed by atoms with Crippen LogP contribution in [0.2, 0.25) is 5.02 Å². The number of benzene rings is 1. The Balaban J connectivity index is 2.39. The molecule has 2 N–H and O–H groups in total. The molecule has 1 amide bonds. The molecule has 3 atom stereocenters. The number of carbonyl (C=O) groups excluding carboxylic acids is 1. The molecule has 29 heavy (non-hydrogen) atoms. The van der Waals surface area contributed by atoms with Crippen LogP contribution in [0.3, 0.4) is 0 Å². The maximum atomic E-state index is 14.4. The Hall–Kier alpha value is -1.62. The third-order valence-electron chi connectivity index (χ3n) is 5.11. The molecule has 1 aromatic carbocycles. The second-order valence-electron chi connectivity index (χ2n) is 8.60. The van der Waals surface area contributed by atoms with Gasteiger partial charge in [0.15, 0.2) is 0 Å². The van der Waals surface area contributed by atoms with Crippen molar-refractivity contribution in [3.8, 4) is 0 Å². The van der Waals surface area contributed by atoms with Gasteiger partial charge >= 0.3 is 0 Å². The first-order valence-electron chi connectivity index (χ1n) is 9.73. The molecule has 6 heteroatoms. The fourth-order valence-corrected chi connectivity index (χ4v) is 4.19. The van der Waals surface area contributed by atoms with E-state index in [1.165, 1.54) is 12.1 Å². The topological polar surface area (TPSA) is 41.1 Å². The van der Waals surface area contributed by atoms with Crippen molar-refractivity contribution in [2.24, 2.45) is 11.3 Å². The standard InChI is InChI=1S/C23H29Cl2FN2O/c1-5-16(24)9-7-6-8-15-13-27-21(12-23(2,3)4)22(15)17-10-19(26)18(25)11-20(17)28-14-29/h5-7,9-11,14-15,21-22,27H,1,8,12-13H2,2-4H3,(H,28,29)/b7-6-,16-9+/t15-,21+,22+/m0/s1. The van der Waals surface area contributed by atoms with Crippen molar-refractivity contribution in [2.45, 2.75) is 45.6 Å². The summed E-state index contributed by atoms with van der Waals surface area (Å²) in [6, 6.07) is 3.12. The SMILES string of the molecule is C=C/C(Cl)=C\C=C/C[C@H]1CN[C@H](CC(C)(C)C)[C@H]1c1cc(F)c(Cl)cc1NC=O. The second kappa shape index (κ2) is 10.4. The third-order valence-corrected chi connectivity index (χ3v) is 5.68. The summed E-state index contributed by atoms with van der Waals surface area (Å²) in [6.07, 6.45) is 9.66. The minimum atomic E-state index is -0.477. The molecule has 1 fully saturated rings. The van der Waals surface area contributed by atoms with E-state index >= 15 is 0 Å². The number of amides is 1. The van der Waals surface area contributed by atoms with E-state index in [9.17, 15) is 9.18 Å². The van der Waals surface area contributed by atoms with Crippen molar-refractivity contribution < 1.29 is 9.18 Å². The number of halogens is 3. The summed E-state index contributed by atoms with van der Waals surface area (Å²) in [4.78, 5) is 11.1. The van der Waals surface area contributed by atoms with Gasteiger partial charge in [-0.25, -0.2) is 4.39 Å². The van der Waals surface area contributed by atoms with Gasteiger partial charge in [-0.1, -0.05) is 68.8 Å². The van der Waals surface area contributed by atoms with Gasteiger partial charge in [-0.05, 0) is 54.5 Å². The molecule has 0 saturated carbocycles. The molecule has 1 aliphatic rings. The van der Waals surface area contributed by atoms with Gasteiger partial charge < -0.3 is 10.6 Å². The van der Waals surface area contributed by atoms with Crippen LogP contribution in [0.5, 0.6) is 0 Å². The zero-order valence-corrected chi connectivity index (χ0v) is 18.7. The number of hydrogen-bond acceptors (Lipinski definition) is 2. The summed E-state index contributed by atoms with van der Waals surface area (Å²) in [5.74, 6) is -0.205. The summed E-state index contributed by atoms with van der Waals surface area (Å²) in [7, 11) is 0. The summed E-state index contributed by atoms with van der Waals surface area (Å²) >= 11 is 11.9. The molecule has 1 saturated heterocycles. The van der Waals surface area contributed by atoms with Gasteiger partial charge in [-0.15, -0.1) is 0 Å². The van der Waals surface area contributed by atoms with Crippen LogP contribution in [0, 0.1) is 17.2 Å². The van der Waals surface area contributed by atoms with Gasteiger partial charge in [0, 0.05) is 22.7 Å². The van der Waals surface area contributed by atoms with E-state index in [0.717, 1.165) is 24.9 Å². The third kappa shape index (κ3) is 6.70. The summed E-state index contributed by atoms with van der Waals surface area (Å²) in [5, 5.41) is 6.88. The highest BCUT2D eigenvalue weighted by Crippen LogP contribution is 2.43. The predicted octanol–water partition coefficient (Wildman–Crippen LogP) is 6.41. The number of allylic oxidation sites excluding steroid dienone is 5. The molecule has 1 aliphatic heterocycles. The lowest BCUT2D eigenvalue weighted by atomic mass is 9.76. The molecule has 158 valence electrons. The lowest BCUT2D eigenvalue weighted by molar-refractivity contribution is -0.105. The molecule has 0 bridgehead atoms. The maximum Gasteiger partial charge on any atom is 0.211 e. The van der Waals surface area contributed by atoms with Crippen LogP contribution < -0.4 is 10.6 Å². The van der Waals surface area contributed by atoms with E-state index < -0.39 is 5.82 Å². The highest BCUT2D eigenvalue weighted by atomic mass is 35.5. The van der Waals surface area contributed by atoms with Crippen molar-refractivity contribution in [3.63, 3.8) is 0 Å². The van der Waals surface area contributed by atoms with Gasteiger partial charge in [0.1, 0.15) is 5.82 Å². The zero-order chi connectivity index (χ0) is 21.6. The number of nitrogens with one attached hydrogen (secondary N) is 2. The second-order valence-corrected chi connectivity index (χ2v) is 9.44. The van der Waals surface area contributed by atoms with E-state index in [1.807, 2.05) is 6.08 Å². The first-order valence-corrected chi connectivity index (χ1v) is 10.5. The molecular formula is C23H29Cl2FN2O. The van der Waals surface area contributed by atoms with Gasteiger partial charge in [0.05, 0.1) is 5.02 Å². The first-order chi connectivity index (χ1) is 13.7. The lowest BCUT2D eigenvalue weighted by Gasteiger charge is -2.31. The van der Waals surface area contributed by atoms with Crippen LogP contribution in [-0.2, 0) is 4.79 Å². The van der Waals surface area contributed by atoms with Crippen LogP contribution >= 0.6 is 23.2 Å². The van der Waals surface area contributed by atoms with Crippen LogP contribution in [0.4, 0.5) is 10.1 Å². The first kappa shape index (κ1) is 23.7. The number of hydrogen-bond donors (Lipinski definition) is 2.